The van der Waals surface area contributed by atoms with E-state index in [4.69, 9.17) is 4.74 Å². The molecule has 1 fully saturated rings. The van der Waals surface area contributed by atoms with Crippen molar-refractivity contribution in [3.63, 3.8) is 0 Å². The zero-order chi connectivity index (χ0) is 19.6. The number of guanidine groups is 1. The van der Waals surface area contributed by atoms with Crippen molar-refractivity contribution in [3.05, 3.63) is 60.4 Å². The lowest BCUT2D eigenvalue weighted by Crippen LogP contribution is -2.47. The van der Waals surface area contributed by atoms with Crippen molar-refractivity contribution >= 4 is 11.9 Å². The number of carbonyl (C=O) groups excluding carboxylic acids is 1. The number of aromatic nitrogens is 1. The Kier molecular flexibility index (Phi) is 7.49. The van der Waals surface area contributed by atoms with Crippen LogP contribution in [-0.2, 0) is 16.1 Å². The Hall–Kier alpha value is -2.80. The third-order valence-electron chi connectivity index (χ3n) is 4.85. The van der Waals surface area contributed by atoms with Crippen molar-refractivity contribution in [2.24, 2.45) is 4.99 Å². The molecule has 3 rings (SSSR count). The van der Waals surface area contributed by atoms with E-state index in [1.165, 1.54) is 0 Å². The van der Waals surface area contributed by atoms with Gasteiger partial charge < -0.3 is 24.8 Å². The first-order valence-corrected chi connectivity index (χ1v) is 9.74. The summed E-state index contributed by atoms with van der Waals surface area (Å²) in [6.07, 6.45) is 4.06. The Morgan fingerprint density at radius 3 is 2.50 bits per heavy atom. The molecule has 28 heavy (non-hydrogen) atoms. The number of aliphatic imine (C=N–C) groups is 1. The topological polar surface area (TPSA) is 70.9 Å². The van der Waals surface area contributed by atoms with Crippen molar-refractivity contribution in [1.29, 1.82) is 0 Å². The largest absolute Gasteiger partial charge is 0.378 e. The van der Waals surface area contributed by atoms with E-state index >= 15 is 0 Å². The summed E-state index contributed by atoms with van der Waals surface area (Å²) in [6, 6.07) is 13.9. The molecule has 2 heterocycles. The molecule has 1 saturated heterocycles. The van der Waals surface area contributed by atoms with Gasteiger partial charge in [-0.25, -0.2) is 0 Å². The van der Waals surface area contributed by atoms with Gasteiger partial charge in [-0.15, -0.1) is 0 Å². The maximum atomic E-state index is 13.1. The van der Waals surface area contributed by atoms with Crippen LogP contribution >= 0.6 is 0 Å². The second-order valence-electron chi connectivity index (χ2n) is 6.70. The van der Waals surface area contributed by atoms with E-state index in [2.05, 4.69) is 20.2 Å². The number of hydrogen-bond acceptors (Lipinski definition) is 3. The van der Waals surface area contributed by atoms with E-state index in [1.807, 2.05) is 59.8 Å². The molecule has 1 aliphatic heterocycles. The molecule has 7 heteroatoms. The van der Waals surface area contributed by atoms with Crippen LogP contribution in [-0.4, -0.2) is 67.8 Å². The zero-order valence-corrected chi connectivity index (χ0v) is 16.4. The Morgan fingerprint density at radius 1 is 1.11 bits per heavy atom. The van der Waals surface area contributed by atoms with Crippen LogP contribution in [0.4, 0.5) is 0 Å². The van der Waals surface area contributed by atoms with E-state index in [9.17, 15) is 4.79 Å². The third kappa shape index (κ3) is 5.60. The standard InChI is InChI=1S/C21H29N5O2/c1-22-21(23-9-12-25-10-5-6-11-25)24-17-19(18-7-3-2-4-8-18)20(27)26-13-15-28-16-14-26/h2-8,10-11,19H,9,12-17H2,1H3,(H2,22,23,24). The maximum Gasteiger partial charge on any atom is 0.232 e. The summed E-state index contributed by atoms with van der Waals surface area (Å²) in [5.41, 5.74) is 1.01. The zero-order valence-electron chi connectivity index (χ0n) is 16.4. The summed E-state index contributed by atoms with van der Waals surface area (Å²) >= 11 is 0. The summed E-state index contributed by atoms with van der Waals surface area (Å²) < 4.78 is 7.49. The van der Waals surface area contributed by atoms with E-state index in [1.54, 1.807) is 7.05 Å². The molecule has 1 atom stereocenters. The van der Waals surface area contributed by atoms with Gasteiger partial charge >= 0.3 is 0 Å². The van der Waals surface area contributed by atoms with Crippen molar-refractivity contribution in [2.45, 2.75) is 12.5 Å². The van der Waals surface area contributed by atoms with Crippen molar-refractivity contribution < 1.29 is 9.53 Å². The molecule has 1 unspecified atom stereocenters. The van der Waals surface area contributed by atoms with Gasteiger partial charge in [-0.1, -0.05) is 30.3 Å². The van der Waals surface area contributed by atoms with Gasteiger partial charge in [-0.2, -0.15) is 0 Å². The SMILES string of the molecule is CN=C(NCCn1cccc1)NCC(C(=O)N1CCOCC1)c1ccccc1. The number of ether oxygens (including phenoxy) is 1. The molecule has 2 aromatic rings. The van der Waals surface area contributed by atoms with Gasteiger partial charge in [0.2, 0.25) is 5.91 Å². The molecular formula is C21H29N5O2. The van der Waals surface area contributed by atoms with E-state index in [0.29, 0.717) is 38.8 Å². The average Bonchev–Trinajstić information content (AvgIpc) is 3.27. The highest BCUT2D eigenvalue weighted by atomic mass is 16.5. The number of morpholine rings is 1. The average molecular weight is 383 g/mol. The number of amides is 1. The molecule has 1 aromatic carbocycles. The van der Waals surface area contributed by atoms with Crippen LogP contribution in [0.3, 0.4) is 0 Å². The highest BCUT2D eigenvalue weighted by Crippen LogP contribution is 2.18. The monoisotopic (exact) mass is 383 g/mol. The first-order chi connectivity index (χ1) is 13.8. The first-order valence-electron chi connectivity index (χ1n) is 9.74. The van der Waals surface area contributed by atoms with Gasteiger partial charge in [0, 0.05) is 52.2 Å². The first kappa shape index (κ1) is 19.9. The summed E-state index contributed by atoms with van der Waals surface area (Å²) in [5.74, 6) is 0.565. The van der Waals surface area contributed by atoms with Crippen molar-refractivity contribution in [3.8, 4) is 0 Å². The van der Waals surface area contributed by atoms with Crippen molar-refractivity contribution in [1.82, 2.24) is 20.1 Å². The molecule has 0 bridgehead atoms. The number of nitrogens with zero attached hydrogens (tertiary/aromatic N) is 3. The van der Waals surface area contributed by atoms with E-state index in [-0.39, 0.29) is 11.8 Å². The summed E-state index contributed by atoms with van der Waals surface area (Å²) in [6.45, 7) is 4.58. The lowest BCUT2D eigenvalue weighted by molar-refractivity contribution is -0.136. The van der Waals surface area contributed by atoms with Crippen LogP contribution in [0.1, 0.15) is 11.5 Å². The van der Waals surface area contributed by atoms with Crippen molar-refractivity contribution in [2.75, 3.05) is 46.4 Å². The smallest absolute Gasteiger partial charge is 0.232 e. The molecule has 0 radical (unpaired) electrons. The van der Waals surface area contributed by atoms with Crippen LogP contribution in [0.25, 0.3) is 0 Å². The number of rotatable bonds is 7. The minimum absolute atomic E-state index is 0.129. The number of carbonyl (C=O) groups is 1. The summed E-state index contributed by atoms with van der Waals surface area (Å²) in [4.78, 5) is 19.3. The molecule has 1 aliphatic rings. The Labute approximate surface area is 166 Å². The number of hydrogen-bond donors (Lipinski definition) is 2. The molecule has 1 amide bonds. The molecule has 1 aromatic heterocycles. The number of benzene rings is 1. The quantitative estimate of drug-likeness (QED) is 0.558. The fourth-order valence-electron chi connectivity index (χ4n) is 3.28. The van der Waals surface area contributed by atoms with Crippen LogP contribution in [0.5, 0.6) is 0 Å². The van der Waals surface area contributed by atoms with Crippen LogP contribution in [0.15, 0.2) is 59.9 Å². The van der Waals surface area contributed by atoms with Gasteiger partial charge in [0.1, 0.15) is 0 Å². The summed E-state index contributed by atoms with van der Waals surface area (Å²) in [5, 5.41) is 6.63. The molecule has 0 saturated carbocycles. The summed E-state index contributed by atoms with van der Waals surface area (Å²) in [7, 11) is 1.74. The highest BCUT2D eigenvalue weighted by Gasteiger charge is 2.27. The predicted molar refractivity (Wildman–Crippen MR) is 110 cm³/mol. The molecule has 0 spiro atoms. The lowest BCUT2D eigenvalue weighted by Gasteiger charge is -2.31. The van der Waals surface area contributed by atoms with Gasteiger partial charge in [-0.05, 0) is 17.7 Å². The molecule has 7 nitrogen and oxygen atoms in total. The Balaban J connectivity index is 1.59. The van der Waals surface area contributed by atoms with Crippen LogP contribution in [0.2, 0.25) is 0 Å². The second kappa shape index (κ2) is 10.5. The van der Waals surface area contributed by atoms with Gasteiger partial charge in [0.25, 0.3) is 0 Å². The lowest BCUT2D eigenvalue weighted by atomic mass is 9.97. The minimum Gasteiger partial charge on any atom is -0.378 e. The molecular weight excluding hydrogens is 354 g/mol. The number of nitrogens with one attached hydrogen (secondary N) is 2. The maximum absolute atomic E-state index is 13.1. The fourth-order valence-corrected chi connectivity index (χ4v) is 3.28. The van der Waals surface area contributed by atoms with E-state index < -0.39 is 0 Å². The van der Waals surface area contributed by atoms with Crippen LogP contribution < -0.4 is 10.6 Å². The van der Waals surface area contributed by atoms with Gasteiger partial charge in [0.05, 0.1) is 19.1 Å². The van der Waals surface area contributed by atoms with Gasteiger partial charge in [-0.3, -0.25) is 9.79 Å². The normalized spacial score (nSPS) is 15.9. The minimum atomic E-state index is -0.262. The Bertz CT molecular complexity index is 739. The Morgan fingerprint density at radius 2 is 1.82 bits per heavy atom. The van der Waals surface area contributed by atoms with Crippen LogP contribution in [0, 0.1) is 0 Å². The molecule has 0 aliphatic carbocycles. The second-order valence-corrected chi connectivity index (χ2v) is 6.70. The third-order valence-corrected chi connectivity index (χ3v) is 4.85. The predicted octanol–water partition coefficient (Wildman–Crippen LogP) is 1.30. The fraction of sp³-hybridized carbons (Fsp3) is 0.429. The van der Waals surface area contributed by atoms with Gasteiger partial charge in [0.15, 0.2) is 5.96 Å². The molecule has 150 valence electrons. The van der Waals surface area contributed by atoms with E-state index in [0.717, 1.165) is 18.7 Å². The highest BCUT2D eigenvalue weighted by molar-refractivity contribution is 5.86. The molecule has 2 N–H and O–H groups in total.